The first-order valence-electron chi connectivity index (χ1n) is 5.04. The van der Waals surface area contributed by atoms with Crippen molar-refractivity contribution in [1.82, 2.24) is 10.0 Å². The van der Waals surface area contributed by atoms with Crippen LogP contribution in [0.3, 0.4) is 0 Å². The third-order valence-corrected chi connectivity index (χ3v) is 5.79. The van der Waals surface area contributed by atoms with Gasteiger partial charge < -0.3 is 10.1 Å². The molecule has 1 aromatic rings. The average molecular weight is 297 g/mol. The van der Waals surface area contributed by atoms with Gasteiger partial charge in [-0.3, -0.25) is 0 Å². The summed E-state index contributed by atoms with van der Waals surface area (Å²) < 4.78 is 32.5. The van der Waals surface area contributed by atoms with Crippen LogP contribution in [0.2, 0.25) is 4.34 Å². The summed E-state index contributed by atoms with van der Waals surface area (Å²) in [5.41, 5.74) is 0. The van der Waals surface area contributed by atoms with Gasteiger partial charge >= 0.3 is 0 Å². The van der Waals surface area contributed by atoms with E-state index in [1.54, 1.807) is 13.2 Å². The highest BCUT2D eigenvalue weighted by Gasteiger charge is 2.31. The SMILES string of the molecule is CO[C@H]1CNCC1NS(=O)(=O)c1ccc(Cl)s1. The molecule has 2 atom stereocenters. The van der Waals surface area contributed by atoms with E-state index in [1.807, 2.05) is 0 Å². The summed E-state index contributed by atoms with van der Waals surface area (Å²) in [5.74, 6) is 0. The van der Waals surface area contributed by atoms with Crippen molar-refractivity contribution in [3.05, 3.63) is 16.5 Å². The summed E-state index contributed by atoms with van der Waals surface area (Å²) in [4.78, 5) is 0. The van der Waals surface area contributed by atoms with Crippen LogP contribution in [0.25, 0.3) is 0 Å². The van der Waals surface area contributed by atoms with Crippen LogP contribution < -0.4 is 10.0 Å². The second kappa shape index (κ2) is 5.21. The third kappa shape index (κ3) is 2.98. The second-order valence-electron chi connectivity index (χ2n) is 3.72. The average Bonchev–Trinajstić information content (AvgIpc) is 2.86. The zero-order valence-corrected chi connectivity index (χ0v) is 11.5. The Kier molecular flexibility index (Phi) is 4.06. The van der Waals surface area contributed by atoms with Gasteiger partial charge in [0.05, 0.1) is 16.5 Å². The van der Waals surface area contributed by atoms with Crippen molar-refractivity contribution in [3.8, 4) is 0 Å². The number of rotatable bonds is 4. The van der Waals surface area contributed by atoms with Crippen LogP contribution >= 0.6 is 22.9 Å². The molecule has 0 aliphatic carbocycles. The summed E-state index contributed by atoms with van der Waals surface area (Å²) >= 11 is 6.77. The number of hydrogen-bond acceptors (Lipinski definition) is 5. The first kappa shape index (κ1) is 13.3. The van der Waals surface area contributed by atoms with E-state index in [0.717, 1.165) is 11.3 Å². The molecule has 1 aliphatic rings. The maximum atomic E-state index is 12.0. The summed E-state index contributed by atoms with van der Waals surface area (Å²) in [7, 11) is -1.93. The Morgan fingerprint density at radius 3 is 2.88 bits per heavy atom. The smallest absolute Gasteiger partial charge is 0.250 e. The van der Waals surface area contributed by atoms with Crippen LogP contribution in [0.15, 0.2) is 16.3 Å². The van der Waals surface area contributed by atoms with Crippen LogP contribution in [0, 0.1) is 0 Å². The molecule has 96 valence electrons. The van der Waals surface area contributed by atoms with E-state index in [1.165, 1.54) is 6.07 Å². The van der Waals surface area contributed by atoms with Gasteiger partial charge in [-0.1, -0.05) is 11.6 Å². The number of ether oxygens (including phenoxy) is 1. The molecule has 2 N–H and O–H groups in total. The van der Waals surface area contributed by atoms with Gasteiger partial charge in [0.15, 0.2) is 0 Å². The molecule has 0 radical (unpaired) electrons. The van der Waals surface area contributed by atoms with Crippen molar-refractivity contribution in [2.45, 2.75) is 16.4 Å². The van der Waals surface area contributed by atoms with Crippen molar-refractivity contribution in [3.63, 3.8) is 0 Å². The van der Waals surface area contributed by atoms with E-state index >= 15 is 0 Å². The Hall–Kier alpha value is -0.180. The van der Waals surface area contributed by atoms with Crippen molar-refractivity contribution in [1.29, 1.82) is 0 Å². The molecule has 0 saturated carbocycles. The fraction of sp³-hybridized carbons (Fsp3) is 0.556. The molecule has 1 unspecified atom stereocenters. The standard InChI is InChI=1S/C9H13ClN2O3S2/c1-15-7-5-11-4-6(7)12-17(13,14)9-3-2-8(10)16-9/h2-3,6-7,11-12H,4-5H2,1H3/t6?,7-/m0/s1. The zero-order valence-electron chi connectivity index (χ0n) is 9.14. The Labute approximate surface area is 109 Å². The molecule has 1 fully saturated rings. The first-order chi connectivity index (χ1) is 8.03. The first-order valence-corrected chi connectivity index (χ1v) is 7.72. The highest BCUT2D eigenvalue weighted by Crippen LogP contribution is 2.25. The number of halogens is 1. The zero-order chi connectivity index (χ0) is 12.5. The quantitative estimate of drug-likeness (QED) is 0.857. The minimum absolute atomic E-state index is 0.139. The van der Waals surface area contributed by atoms with Crippen LogP contribution in [0.5, 0.6) is 0 Å². The molecule has 0 bridgehead atoms. The van der Waals surface area contributed by atoms with Gasteiger partial charge in [-0.25, -0.2) is 13.1 Å². The van der Waals surface area contributed by atoms with E-state index in [-0.39, 0.29) is 16.4 Å². The Balaban J connectivity index is 2.12. The van der Waals surface area contributed by atoms with Crippen molar-refractivity contribution < 1.29 is 13.2 Å². The second-order valence-corrected chi connectivity index (χ2v) is 7.37. The molecule has 5 nitrogen and oxygen atoms in total. The van der Waals surface area contributed by atoms with Gasteiger partial charge in [-0.05, 0) is 12.1 Å². The van der Waals surface area contributed by atoms with Crippen molar-refractivity contribution >= 4 is 33.0 Å². The van der Waals surface area contributed by atoms with Crippen LogP contribution in [-0.4, -0.2) is 40.8 Å². The number of hydrogen-bond donors (Lipinski definition) is 2. The van der Waals surface area contributed by atoms with Crippen LogP contribution in [-0.2, 0) is 14.8 Å². The minimum atomic E-state index is -3.50. The largest absolute Gasteiger partial charge is 0.378 e. The highest BCUT2D eigenvalue weighted by molar-refractivity contribution is 7.91. The molecule has 1 aliphatic heterocycles. The molecule has 0 spiro atoms. The fourth-order valence-electron chi connectivity index (χ4n) is 1.72. The number of sulfonamides is 1. The molecule has 2 rings (SSSR count). The maximum absolute atomic E-state index is 12.0. The normalized spacial score (nSPS) is 25.3. The van der Waals surface area contributed by atoms with E-state index in [2.05, 4.69) is 10.0 Å². The molecule has 0 amide bonds. The topological polar surface area (TPSA) is 67.4 Å². The maximum Gasteiger partial charge on any atom is 0.250 e. The monoisotopic (exact) mass is 296 g/mol. The molecule has 1 aromatic heterocycles. The highest BCUT2D eigenvalue weighted by atomic mass is 35.5. The lowest BCUT2D eigenvalue weighted by molar-refractivity contribution is 0.103. The molecule has 0 aromatic carbocycles. The van der Waals surface area contributed by atoms with Gasteiger partial charge in [0.2, 0.25) is 10.0 Å². The molecule has 1 saturated heterocycles. The van der Waals surface area contributed by atoms with Gasteiger partial charge in [-0.2, -0.15) is 0 Å². The van der Waals surface area contributed by atoms with Gasteiger partial charge in [0, 0.05) is 20.2 Å². The molecular weight excluding hydrogens is 284 g/mol. The van der Waals surface area contributed by atoms with E-state index < -0.39 is 10.0 Å². The summed E-state index contributed by atoms with van der Waals surface area (Å²) in [5, 5.41) is 3.08. The fourth-order valence-corrected chi connectivity index (χ4v) is 4.48. The lowest BCUT2D eigenvalue weighted by atomic mass is 10.2. The Morgan fingerprint density at radius 1 is 1.53 bits per heavy atom. The third-order valence-electron chi connectivity index (χ3n) is 2.58. The van der Waals surface area contributed by atoms with E-state index in [4.69, 9.17) is 16.3 Å². The number of nitrogens with one attached hydrogen (secondary N) is 2. The predicted molar refractivity (Wildman–Crippen MR) is 67.1 cm³/mol. The lowest BCUT2D eigenvalue weighted by Crippen LogP contribution is -2.43. The lowest BCUT2D eigenvalue weighted by Gasteiger charge is -2.17. The molecule has 8 heteroatoms. The van der Waals surface area contributed by atoms with Gasteiger partial charge in [-0.15, -0.1) is 11.3 Å². The van der Waals surface area contributed by atoms with Crippen LogP contribution in [0.4, 0.5) is 0 Å². The van der Waals surface area contributed by atoms with Crippen molar-refractivity contribution in [2.24, 2.45) is 0 Å². The number of thiophene rings is 1. The van der Waals surface area contributed by atoms with E-state index in [0.29, 0.717) is 17.4 Å². The van der Waals surface area contributed by atoms with Crippen LogP contribution in [0.1, 0.15) is 0 Å². The van der Waals surface area contributed by atoms with Gasteiger partial charge in [0.1, 0.15) is 4.21 Å². The molecule has 2 heterocycles. The van der Waals surface area contributed by atoms with E-state index in [9.17, 15) is 8.42 Å². The molecule has 17 heavy (non-hydrogen) atoms. The Bertz CT molecular complexity index is 488. The van der Waals surface area contributed by atoms with Gasteiger partial charge in [0.25, 0.3) is 0 Å². The summed E-state index contributed by atoms with van der Waals surface area (Å²) in [6.45, 7) is 1.21. The number of methoxy groups -OCH3 is 1. The molecular formula is C9H13ClN2O3S2. The summed E-state index contributed by atoms with van der Waals surface area (Å²) in [6.07, 6.45) is -0.139. The summed E-state index contributed by atoms with van der Waals surface area (Å²) in [6, 6.07) is 2.83. The Morgan fingerprint density at radius 2 is 2.29 bits per heavy atom. The minimum Gasteiger partial charge on any atom is -0.378 e. The predicted octanol–water partition coefficient (Wildman–Crippen LogP) is 0.667. The van der Waals surface area contributed by atoms with Crippen molar-refractivity contribution in [2.75, 3.05) is 20.2 Å².